The van der Waals surface area contributed by atoms with Crippen molar-refractivity contribution in [2.45, 2.75) is 31.7 Å². The van der Waals surface area contributed by atoms with Gasteiger partial charge in [-0.15, -0.1) is 0 Å². The Hall–Kier alpha value is -1.69. The molecule has 0 saturated carbocycles. The Balaban J connectivity index is 1.84. The number of fused-ring (bicyclic) bond motifs is 1. The number of carbonyl (C=O) groups is 2. The number of thioether (sulfide) groups is 1. The predicted molar refractivity (Wildman–Crippen MR) is 90.9 cm³/mol. The zero-order valence-corrected chi connectivity index (χ0v) is 14.4. The summed E-state index contributed by atoms with van der Waals surface area (Å²) < 4.78 is 10.3. The molecule has 1 aliphatic carbocycles. The molecule has 0 unspecified atom stereocenters. The van der Waals surface area contributed by atoms with Gasteiger partial charge in [0.1, 0.15) is 11.8 Å². The molecule has 1 amide bonds. The van der Waals surface area contributed by atoms with E-state index in [-0.39, 0.29) is 12.5 Å². The number of hydrogen-bond acceptors (Lipinski definition) is 5. The van der Waals surface area contributed by atoms with Gasteiger partial charge < -0.3 is 14.8 Å². The highest BCUT2D eigenvalue weighted by atomic mass is 32.2. The van der Waals surface area contributed by atoms with E-state index in [1.165, 1.54) is 24.7 Å². The molecule has 0 heterocycles. The molecule has 1 aliphatic rings. The molecule has 2 rings (SSSR count). The number of carbonyl (C=O) groups excluding carboxylic acids is 2. The van der Waals surface area contributed by atoms with E-state index < -0.39 is 12.0 Å². The van der Waals surface area contributed by atoms with E-state index in [0.717, 1.165) is 18.6 Å². The first-order valence-corrected chi connectivity index (χ1v) is 9.14. The predicted octanol–water partition coefficient (Wildman–Crippen LogP) is 1.96. The summed E-state index contributed by atoms with van der Waals surface area (Å²) in [6.45, 7) is -0.106. The van der Waals surface area contributed by atoms with Gasteiger partial charge in [0.25, 0.3) is 5.91 Å². The Labute approximate surface area is 141 Å². The van der Waals surface area contributed by atoms with Crippen LogP contribution in [0, 0.1) is 0 Å². The molecule has 23 heavy (non-hydrogen) atoms. The molecule has 0 spiro atoms. The smallest absolute Gasteiger partial charge is 0.328 e. The summed E-state index contributed by atoms with van der Waals surface area (Å²) in [5.74, 6) is 0.720. The molecular weight excluding hydrogens is 314 g/mol. The van der Waals surface area contributed by atoms with Gasteiger partial charge in [0.2, 0.25) is 0 Å². The number of rotatable bonds is 8. The lowest BCUT2D eigenvalue weighted by molar-refractivity contribution is -0.145. The quantitative estimate of drug-likeness (QED) is 0.735. The van der Waals surface area contributed by atoms with E-state index >= 15 is 0 Å². The number of ether oxygens (including phenoxy) is 2. The van der Waals surface area contributed by atoms with Crippen molar-refractivity contribution in [3.63, 3.8) is 0 Å². The summed E-state index contributed by atoms with van der Waals surface area (Å²) in [5, 5.41) is 2.67. The Morgan fingerprint density at radius 2 is 2.09 bits per heavy atom. The van der Waals surface area contributed by atoms with Gasteiger partial charge in [-0.2, -0.15) is 11.8 Å². The average Bonchev–Trinajstić information content (AvgIpc) is 3.03. The molecule has 0 radical (unpaired) electrons. The molecule has 0 fully saturated rings. The lowest BCUT2D eigenvalue weighted by atomic mass is 10.1. The summed E-state index contributed by atoms with van der Waals surface area (Å²) >= 11 is 1.62. The first-order valence-electron chi connectivity index (χ1n) is 7.74. The van der Waals surface area contributed by atoms with Crippen LogP contribution in [0.4, 0.5) is 0 Å². The molecule has 0 saturated heterocycles. The van der Waals surface area contributed by atoms with Crippen LogP contribution in [-0.2, 0) is 27.2 Å². The summed E-state index contributed by atoms with van der Waals surface area (Å²) in [7, 11) is 1.32. The van der Waals surface area contributed by atoms with Crippen molar-refractivity contribution in [3.8, 4) is 5.75 Å². The SMILES string of the molecule is COC(=O)[C@H](CCSC)NC(=O)COc1ccc2c(c1)CCC2. The summed E-state index contributed by atoms with van der Waals surface area (Å²) in [5.41, 5.74) is 2.67. The molecule has 0 bridgehead atoms. The zero-order valence-electron chi connectivity index (χ0n) is 13.6. The van der Waals surface area contributed by atoms with Gasteiger partial charge in [0, 0.05) is 0 Å². The molecule has 0 aliphatic heterocycles. The van der Waals surface area contributed by atoms with Gasteiger partial charge in [-0.1, -0.05) is 6.07 Å². The van der Waals surface area contributed by atoms with Crippen molar-refractivity contribution in [1.29, 1.82) is 0 Å². The van der Waals surface area contributed by atoms with E-state index in [2.05, 4.69) is 11.4 Å². The van der Waals surface area contributed by atoms with Gasteiger partial charge >= 0.3 is 5.97 Å². The number of esters is 1. The molecule has 1 aromatic carbocycles. The average molecular weight is 337 g/mol. The Bertz CT molecular complexity index is 562. The summed E-state index contributed by atoms with van der Waals surface area (Å²) in [6.07, 6.45) is 5.85. The van der Waals surface area contributed by atoms with Crippen molar-refractivity contribution in [1.82, 2.24) is 5.32 Å². The van der Waals surface area contributed by atoms with Gasteiger partial charge in [-0.25, -0.2) is 4.79 Å². The second-order valence-corrected chi connectivity index (χ2v) is 6.48. The van der Waals surface area contributed by atoms with Gasteiger partial charge in [0.05, 0.1) is 7.11 Å². The van der Waals surface area contributed by atoms with Crippen LogP contribution in [0.5, 0.6) is 5.75 Å². The third kappa shape index (κ3) is 5.16. The number of amides is 1. The van der Waals surface area contributed by atoms with Crippen LogP contribution >= 0.6 is 11.8 Å². The van der Waals surface area contributed by atoms with E-state index in [1.807, 2.05) is 18.4 Å². The molecule has 0 aromatic heterocycles. The second-order valence-electron chi connectivity index (χ2n) is 5.50. The van der Waals surface area contributed by atoms with Crippen molar-refractivity contribution in [3.05, 3.63) is 29.3 Å². The lowest BCUT2D eigenvalue weighted by Gasteiger charge is -2.16. The molecule has 1 N–H and O–H groups in total. The van der Waals surface area contributed by atoms with E-state index in [1.54, 1.807) is 11.8 Å². The highest BCUT2D eigenvalue weighted by Gasteiger charge is 2.21. The van der Waals surface area contributed by atoms with Crippen LogP contribution in [0.1, 0.15) is 24.0 Å². The maximum Gasteiger partial charge on any atom is 0.328 e. The Kier molecular flexibility index (Phi) is 6.77. The summed E-state index contributed by atoms with van der Waals surface area (Å²) in [4.78, 5) is 23.7. The summed E-state index contributed by atoms with van der Waals surface area (Å²) in [6, 6.07) is 5.33. The number of aryl methyl sites for hydroxylation is 2. The monoisotopic (exact) mass is 337 g/mol. The minimum absolute atomic E-state index is 0.106. The first kappa shape index (κ1) is 17.7. The molecule has 1 aromatic rings. The van der Waals surface area contributed by atoms with Gasteiger partial charge in [-0.3, -0.25) is 4.79 Å². The largest absolute Gasteiger partial charge is 0.484 e. The fraction of sp³-hybridized carbons (Fsp3) is 0.529. The number of benzene rings is 1. The fourth-order valence-corrected chi connectivity index (χ4v) is 3.12. The van der Waals surface area contributed by atoms with Crippen LogP contribution < -0.4 is 10.1 Å². The van der Waals surface area contributed by atoms with Gasteiger partial charge in [-0.05, 0) is 61.0 Å². The third-order valence-corrected chi connectivity index (χ3v) is 4.52. The molecule has 126 valence electrons. The molecular formula is C17H23NO4S. The number of hydrogen-bond donors (Lipinski definition) is 1. The van der Waals surface area contributed by atoms with Gasteiger partial charge in [0.15, 0.2) is 6.61 Å². The van der Waals surface area contributed by atoms with Crippen molar-refractivity contribution < 1.29 is 19.1 Å². The topological polar surface area (TPSA) is 64.6 Å². The maximum atomic E-state index is 12.0. The first-order chi connectivity index (χ1) is 11.1. The van der Waals surface area contributed by atoms with Crippen molar-refractivity contribution >= 4 is 23.6 Å². The van der Waals surface area contributed by atoms with Crippen molar-refractivity contribution in [2.24, 2.45) is 0 Å². The Morgan fingerprint density at radius 1 is 1.30 bits per heavy atom. The highest BCUT2D eigenvalue weighted by Crippen LogP contribution is 2.25. The van der Waals surface area contributed by atoms with Crippen LogP contribution in [-0.4, -0.2) is 43.6 Å². The highest BCUT2D eigenvalue weighted by molar-refractivity contribution is 7.98. The third-order valence-electron chi connectivity index (χ3n) is 3.87. The van der Waals surface area contributed by atoms with Crippen LogP contribution in [0.3, 0.4) is 0 Å². The lowest BCUT2D eigenvalue weighted by Crippen LogP contribution is -2.43. The van der Waals surface area contributed by atoms with E-state index in [9.17, 15) is 9.59 Å². The molecule has 6 heteroatoms. The normalized spacial score (nSPS) is 14.0. The minimum atomic E-state index is -0.622. The zero-order chi connectivity index (χ0) is 16.7. The molecule has 5 nitrogen and oxygen atoms in total. The number of methoxy groups -OCH3 is 1. The Morgan fingerprint density at radius 3 is 2.83 bits per heavy atom. The van der Waals surface area contributed by atoms with Crippen LogP contribution in [0.2, 0.25) is 0 Å². The second kappa shape index (κ2) is 8.82. The van der Waals surface area contributed by atoms with Crippen molar-refractivity contribution in [2.75, 3.05) is 25.7 Å². The number of nitrogens with one attached hydrogen (secondary N) is 1. The van der Waals surface area contributed by atoms with Crippen LogP contribution in [0.15, 0.2) is 18.2 Å². The van der Waals surface area contributed by atoms with Crippen LogP contribution in [0.25, 0.3) is 0 Å². The van der Waals surface area contributed by atoms with E-state index in [4.69, 9.17) is 9.47 Å². The molecule has 1 atom stereocenters. The standard InChI is InChI=1S/C17H23NO4S/c1-21-17(20)15(8-9-23-2)18-16(19)11-22-14-7-6-12-4-3-5-13(12)10-14/h6-7,10,15H,3-5,8-9,11H2,1-2H3,(H,18,19)/t15-/m0/s1. The fourth-order valence-electron chi connectivity index (χ4n) is 2.65. The maximum absolute atomic E-state index is 12.0. The van der Waals surface area contributed by atoms with E-state index in [0.29, 0.717) is 12.2 Å². The minimum Gasteiger partial charge on any atom is -0.484 e.